The molecule has 0 spiro atoms. The minimum Gasteiger partial charge on any atom is -0.370 e. The lowest BCUT2D eigenvalue weighted by Gasteiger charge is -2.32. The van der Waals surface area contributed by atoms with E-state index in [1.54, 1.807) is 4.90 Å². The summed E-state index contributed by atoms with van der Waals surface area (Å²) in [4.78, 5) is 24.7. The van der Waals surface area contributed by atoms with Crippen LogP contribution in [0.25, 0.3) is 0 Å². The van der Waals surface area contributed by atoms with Gasteiger partial charge in [-0.2, -0.15) is 0 Å². The van der Waals surface area contributed by atoms with Crippen molar-refractivity contribution in [3.05, 3.63) is 29.0 Å². The topological polar surface area (TPSA) is 75.4 Å². The minimum atomic E-state index is -0.584. The van der Waals surface area contributed by atoms with E-state index in [0.717, 1.165) is 12.8 Å². The second-order valence-corrected chi connectivity index (χ2v) is 5.59. The second kappa shape index (κ2) is 6.76. The summed E-state index contributed by atoms with van der Waals surface area (Å²) >= 11 is 5.59. The van der Waals surface area contributed by atoms with Gasteiger partial charge in [0, 0.05) is 25.2 Å². The predicted octanol–water partition coefficient (Wildman–Crippen LogP) is 2.60. The normalized spacial score (nSPS) is 18.4. The number of piperidine rings is 1. The molecule has 2 rings (SSSR count). The quantitative estimate of drug-likeness (QED) is 0.900. The Bertz CT molecular complexity index is 553. The van der Waals surface area contributed by atoms with Crippen LogP contribution in [0.1, 0.15) is 19.3 Å². The lowest BCUT2D eigenvalue weighted by Crippen LogP contribution is -2.43. The van der Waals surface area contributed by atoms with Crippen LogP contribution >= 0.6 is 11.6 Å². The summed E-state index contributed by atoms with van der Waals surface area (Å²) in [5.41, 5.74) is 5.53. The van der Waals surface area contributed by atoms with Crippen molar-refractivity contribution in [2.45, 2.75) is 19.3 Å². The fourth-order valence-electron chi connectivity index (χ4n) is 2.48. The molecule has 1 aliphatic rings. The summed E-state index contributed by atoms with van der Waals surface area (Å²) in [6.45, 7) is 1.09. The van der Waals surface area contributed by atoms with Crippen molar-refractivity contribution in [3.63, 3.8) is 0 Å². The molecule has 0 aliphatic carbocycles. The molecular formula is C14H17ClFN3O2. The van der Waals surface area contributed by atoms with E-state index in [4.69, 9.17) is 17.3 Å². The molecule has 114 valence electrons. The van der Waals surface area contributed by atoms with E-state index in [1.165, 1.54) is 18.2 Å². The SMILES string of the molecule is NC(=O)C[C@H]1CCCN(C(=O)Nc2ccc(Cl)c(F)c2)C1. The van der Waals surface area contributed by atoms with Gasteiger partial charge in [0.2, 0.25) is 5.91 Å². The molecule has 1 atom stereocenters. The minimum absolute atomic E-state index is 0.00694. The summed E-state index contributed by atoms with van der Waals surface area (Å²) < 4.78 is 13.3. The first-order valence-electron chi connectivity index (χ1n) is 6.75. The van der Waals surface area contributed by atoms with Crippen LogP contribution in [0.15, 0.2) is 18.2 Å². The Morgan fingerprint density at radius 3 is 2.90 bits per heavy atom. The van der Waals surface area contributed by atoms with Gasteiger partial charge in [-0.05, 0) is 37.0 Å². The first kappa shape index (κ1) is 15.6. The molecule has 3 N–H and O–H groups in total. The Labute approximate surface area is 127 Å². The molecule has 0 aromatic heterocycles. The third kappa shape index (κ3) is 4.32. The largest absolute Gasteiger partial charge is 0.370 e. The Balaban J connectivity index is 1.96. The van der Waals surface area contributed by atoms with Crippen LogP contribution in [0.2, 0.25) is 5.02 Å². The van der Waals surface area contributed by atoms with Crippen LogP contribution in [0.5, 0.6) is 0 Å². The van der Waals surface area contributed by atoms with E-state index in [1.807, 2.05) is 0 Å². The Kier molecular flexibility index (Phi) is 5.01. The molecule has 7 heteroatoms. The number of primary amides is 1. The number of anilines is 1. The standard InChI is InChI=1S/C14H17ClFN3O2/c15-11-4-3-10(7-12(11)16)18-14(21)19-5-1-2-9(8-19)6-13(17)20/h3-4,7,9H,1-2,5-6,8H2,(H2,17,20)(H,18,21)/t9-/m1/s1. The number of halogens is 2. The third-order valence-electron chi connectivity index (χ3n) is 3.47. The van der Waals surface area contributed by atoms with Gasteiger partial charge in [-0.25, -0.2) is 9.18 Å². The fourth-order valence-corrected chi connectivity index (χ4v) is 2.59. The number of carbonyl (C=O) groups excluding carboxylic acids is 2. The summed E-state index contributed by atoms with van der Waals surface area (Å²) in [7, 11) is 0. The number of amides is 3. The molecule has 1 aromatic rings. The summed E-state index contributed by atoms with van der Waals surface area (Å²) in [5, 5.41) is 2.63. The molecule has 5 nitrogen and oxygen atoms in total. The highest BCUT2D eigenvalue weighted by atomic mass is 35.5. The van der Waals surface area contributed by atoms with Gasteiger partial charge in [0.15, 0.2) is 0 Å². The fraction of sp³-hybridized carbons (Fsp3) is 0.429. The van der Waals surface area contributed by atoms with Gasteiger partial charge in [-0.1, -0.05) is 11.6 Å². The summed E-state index contributed by atoms with van der Waals surface area (Å²) in [6.07, 6.45) is 1.97. The first-order valence-corrected chi connectivity index (χ1v) is 7.13. The molecule has 0 bridgehead atoms. The molecule has 1 aliphatic heterocycles. The zero-order valence-corrected chi connectivity index (χ0v) is 12.2. The van der Waals surface area contributed by atoms with Crippen molar-refractivity contribution >= 4 is 29.2 Å². The predicted molar refractivity (Wildman–Crippen MR) is 78.5 cm³/mol. The summed E-state index contributed by atoms with van der Waals surface area (Å²) in [5.74, 6) is -0.856. The smallest absolute Gasteiger partial charge is 0.321 e. The van der Waals surface area contributed by atoms with Gasteiger partial charge in [-0.15, -0.1) is 0 Å². The molecule has 0 radical (unpaired) electrons. The van der Waals surface area contributed by atoms with Crippen LogP contribution in [0.4, 0.5) is 14.9 Å². The van der Waals surface area contributed by atoms with Crippen LogP contribution in [0, 0.1) is 11.7 Å². The number of nitrogens with two attached hydrogens (primary N) is 1. The van der Waals surface area contributed by atoms with Crippen molar-refractivity contribution < 1.29 is 14.0 Å². The number of nitrogens with one attached hydrogen (secondary N) is 1. The highest BCUT2D eigenvalue weighted by molar-refractivity contribution is 6.30. The van der Waals surface area contributed by atoms with Gasteiger partial charge in [0.05, 0.1) is 5.02 Å². The number of urea groups is 1. The van der Waals surface area contributed by atoms with Crippen LogP contribution < -0.4 is 11.1 Å². The first-order chi connectivity index (χ1) is 9.95. The van der Waals surface area contributed by atoms with Crippen LogP contribution in [-0.2, 0) is 4.79 Å². The molecular weight excluding hydrogens is 297 g/mol. The molecule has 0 saturated carbocycles. The third-order valence-corrected chi connectivity index (χ3v) is 3.77. The molecule has 1 saturated heterocycles. The lowest BCUT2D eigenvalue weighted by molar-refractivity contribution is -0.119. The van der Waals surface area contributed by atoms with E-state index < -0.39 is 5.82 Å². The van der Waals surface area contributed by atoms with Crippen molar-refractivity contribution in [1.82, 2.24) is 4.90 Å². The van der Waals surface area contributed by atoms with Gasteiger partial charge in [0.25, 0.3) is 0 Å². The van der Waals surface area contributed by atoms with Gasteiger partial charge in [0.1, 0.15) is 5.82 Å². The number of nitrogens with zero attached hydrogens (tertiary/aromatic N) is 1. The highest BCUT2D eigenvalue weighted by Crippen LogP contribution is 2.22. The number of benzene rings is 1. The molecule has 21 heavy (non-hydrogen) atoms. The average molecular weight is 314 g/mol. The molecule has 1 fully saturated rings. The van der Waals surface area contributed by atoms with E-state index in [2.05, 4.69) is 5.32 Å². The van der Waals surface area contributed by atoms with E-state index in [0.29, 0.717) is 18.8 Å². The van der Waals surface area contributed by atoms with E-state index >= 15 is 0 Å². The molecule has 0 unspecified atom stereocenters. The number of rotatable bonds is 3. The van der Waals surface area contributed by atoms with E-state index in [9.17, 15) is 14.0 Å². The highest BCUT2D eigenvalue weighted by Gasteiger charge is 2.24. The molecule has 1 aromatic carbocycles. The zero-order chi connectivity index (χ0) is 15.4. The number of likely N-dealkylation sites (tertiary alicyclic amines) is 1. The van der Waals surface area contributed by atoms with Crippen molar-refractivity contribution in [3.8, 4) is 0 Å². The maximum atomic E-state index is 13.3. The Morgan fingerprint density at radius 1 is 1.48 bits per heavy atom. The Morgan fingerprint density at radius 2 is 2.24 bits per heavy atom. The molecule has 1 heterocycles. The maximum absolute atomic E-state index is 13.3. The number of hydrogen-bond donors (Lipinski definition) is 2. The number of hydrogen-bond acceptors (Lipinski definition) is 2. The van der Waals surface area contributed by atoms with E-state index in [-0.39, 0.29) is 29.3 Å². The van der Waals surface area contributed by atoms with Gasteiger partial charge >= 0.3 is 6.03 Å². The zero-order valence-electron chi connectivity index (χ0n) is 11.4. The lowest BCUT2D eigenvalue weighted by atomic mass is 9.95. The van der Waals surface area contributed by atoms with Crippen LogP contribution in [0.3, 0.4) is 0 Å². The van der Waals surface area contributed by atoms with Crippen molar-refractivity contribution in [1.29, 1.82) is 0 Å². The molecule has 3 amide bonds. The van der Waals surface area contributed by atoms with Crippen molar-refractivity contribution in [2.24, 2.45) is 11.7 Å². The van der Waals surface area contributed by atoms with Gasteiger partial charge in [-0.3, -0.25) is 4.79 Å². The summed E-state index contributed by atoms with van der Waals surface area (Å²) in [6, 6.07) is 3.78. The van der Waals surface area contributed by atoms with Crippen LogP contribution in [-0.4, -0.2) is 29.9 Å². The van der Waals surface area contributed by atoms with Gasteiger partial charge < -0.3 is 16.0 Å². The monoisotopic (exact) mass is 313 g/mol. The van der Waals surface area contributed by atoms with Crippen molar-refractivity contribution in [2.75, 3.05) is 18.4 Å². The second-order valence-electron chi connectivity index (χ2n) is 5.18. The maximum Gasteiger partial charge on any atom is 0.321 e. The Hall–Kier alpha value is -1.82. The number of carbonyl (C=O) groups is 2. The average Bonchev–Trinajstić information content (AvgIpc) is 2.42.